The van der Waals surface area contributed by atoms with Crippen LogP contribution in [0.15, 0.2) is 30.6 Å². The zero-order valence-corrected chi connectivity index (χ0v) is 8.10. The third-order valence-corrected chi connectivity index (χ3v) is 2.35. The van der Waals surface area contributed by atoms with E-state index in [0.29, 0.717) is 6.61 Å². The van der Waals surface area contributed by atoms with Crippen LogP contribution in [0.2, 0.25) is 0 Å². The third-order valence-electron chi connectivity index (χ3n) is 2.35. The van der Waals surface area contributed by atoms with Gasteiger partial charge in [0.25, 0.3) is 0 Å². The number of rotatable bonds is 0. The molecule has 2 rings (SSSR count). The van der Waals surface area contributed by atoms with E-state index in [9.17, 15) is 0 Å². The van der Waals surface area contributed by atoms with Crippen LogP contribution in [-0.4, -0.2) is 24.7 Å². The highest BCUT2D eigenvalue weighted by Gasteiger charge is 2.22. The summed E-state index contributed by atoms with van der Waals surface area (Å²) in [4.78, 5) is 6.10. The lowest BCUT2D eigenvalue weighted by atomic mass is 10.2. The number of fused-ring (bicyclic) bond motifs is 1. The normalized spacial score (nSPS) is 21.1. The molecule has 0 unspecified atom stereocenters. The summed E-state index contributed by atoms with van der Waals surface area (Å²) in [7, 11) is 1.89. The minimum absolute atomic E-state index is 0.172. The lowest BCUT2D eigenvalue weighted by molar-refractivity contribution is 0.308. The molecule has 2 N–H and O–H groups in total. The Balaban J connectivity index is 2.45. The molecule has 1 aromatic heterocycles. The number of nitrogens with two attached hydrogens (primary N) is 1. The molecule has 2 heterocycles. The molecule has 1 aromatic rings. The summed E-state index contributed by atoms with van der Waals surface area (Å²) in [5.74, 6) is 1.52. The molecular formula is C10H13N3O. The van der Waals surface area contributed by atoms with Gasteiger partial charge in [-0.3, -0.25) is 0 Å². The monoisotopic (exact) mass is 191 g/mol. The number of hydrogen-bond donors (Lipinski definition) is 1. The Morgan fingerprint density at radius 1 is 1.71 bits per heavy atom. The molecule has 1 aliphatic rings. The van der Waals surface area contributed by atoms with E-state index in [0.717, 1.165) is 17.3 Å². The highest BCUT2D eigenvalue weighted by molar-refractivity contribution is 5.57. The van der Waals surface area contributed by atoms with Gasteiger partial charge in [0.15, 0.2) is 11.6 Å². The molecule has 1 aliphatic heterocycles. The zero-order valence-electron chi connectivity index (χ0n) is 8.10. The second kappa shape index (κ2) is 3.31. The highest BCUT2D eigenvalue weighted by atomic mass is 16.5. The molecular weight excluding hydrogens is 178 g/mol. The molecule has 0 amide bonds. The maximum Gasteiger partial charge on any atom is 0.175 e. The lowest BCUT2D eigenvalue weighted by Gasteiger charge is -2.20. The number of likely N-dealkylation sites (N-methyl/N-ethyl adjacent to an activating group) is 1. The van der Waals surface area contributed by atoms with Gasteiger partial charge in [0, 0.05) is 18.9 Å². The SMILES string of the molecule is C=C1[C@@H](N)COc2cccnc2N1C. The van der Waals surface area contributed by atoms with Crippen molar-refractivity contribution in [3.8, 4) is 5.75 Å². The Bertz CT molecular complexity index is 364. The van der Waals surface area contributed by atoms with Crippen molar-refractivity contribution in [3.05, 3.63) is 30.6 Å². The molecule has 0 spiro atoms. The van der Waals surface area contributed by atoms with Gasteiger partial charge in [-0.2, -0.15) is 0 Å². The van der Waals surface area contributed by atoms with Gasteiger partial charge in [0.05, 0.1) is 6.04 Å². The van der Waals surface area contributed by atoms with Gasteiger partial charge < -0.3 is 15.4 Å². The first-order valence-electron chi connectivity index (χ1n) is 4.46. The average molecular weight is 191 g/mol. The van der Waals surface area contributed by atoms with Gasteiger partial charge in [-0.1, -0.05) is 6.58 Å². The second-order valence-electron chi connectivity index (χ2n) is 3.29. The summed E-state index contributed by atoms with van der Waals surface area (Å²) in [5, 5.41) is 0. The first-order valence-corrected chi connectivity index (χ1v) is 4.46. The van der Waals surface area contributed by atoms with E-state index in [1.807, 2.05) is 24.1 Å². The van der Waals surface area contributed by atoms with E-state index in [-0.39, 0.29) is 6.04 Å². The number of ether oxygens (including phenoxy) is 1. The van der Waals surface area contributed by atoms with Gasteiger partial charge in [-0.05, 0) is 12.1 Å². The minimum atomic E-state index is -0.172. The Morgan fingerprint density at radius 2 is 2.50 bits per heavy atom. The summed E-state index contributed by atoms with van der Waals surface area (Å²) < 4.78 is 5.51. The fourth-order valence-electron chi connectivity index (χ4n) is 1.41. The van der Waals surface area contributed by atoms with E-state index in [1.54, 1.807) is 6.20 Å². The smallest absolute Gasteiger partial charge is 0.175 e. The van der Waals surface area contributed by atoms with Crippen LogP contribution in [0.25, 0.3) is 0 Å². The van der Waals surface area contributed by atoms with Crippen LogP contribution in [-0.2, 0) is 0 Å². The Labute approximate surface area is 83.0 Å². The van der Waals surface area contributed by atoms with E-state index in [2.05, 4.69) is 11.6 Å². The molecule has 0 fully saturated rings. The summed E-state index contributed by atoms with van der Waals surface area (Å²) >= 11 is 0. The van der Waals surface area contributed by atoms with Crippen molar-refractivity contribution in [2.45, 2.75) is 6.04 Å². The molecule has 4 nitrogen and oxygen atoms in total. The van der Waals surface area contributed by atoms with E-state index < -0.39 is 0 Å². The Kier molecular flexibility index (Phi) is 2.13. The van der Waals surface area contributed by atoms with E-state index >= 15 is 0 Å². The van der Waals surface area contributed by atoms with Crippen molar-refractivity contribution in [2.75, 3.05) is 18.6 Å². The number of nitrogens with zero attached hydrogens (tertiary/aromatic N) is 2. The van der Waals surface area contributed by atoms with E-state index in [4.69, 9.17) is 10.5 Å². The van der Waals surface area contributed by atoms with Crippen LogP contribution in [0.3, 0.4) is 0 Å². The Hall–Kier alpha value is -1.55. The molecule has 1 atom stereocenters. The largest absolute Gasteiger partial charge is 0.488 e. The number of anilines is 1. The van der Waals surface area contributed by atoms with Crippen LogP contribution < -0.4 is 15.4 Å². The molecule has 0 aliphatic carbocycles. The topological polar surface area (TPSA) is 51.4 Å². The van der Waals surface area contributed by atoms with E-state index in [1.165, 1.54) is 0 Å². The lowest BCUT2D eigenvalue weighted by Crippen LogP contribution is -2.34. The van der Waals surface area contributed by atoms with Crippen molar-refractivity contribution in [1.82, 2.24) is 4.98 Å². The molecule has 4 heteroatoms. The maximum absolute atomic E-state index is 5.85. The standard InChI is InChI=1S/C10H13N3O/c1-7-8(11)6-14-9-4-3-5-12-10(9)13(7)2/h3-5,8H,1,6,11H2,2H3/t8-/m0/s1. The third kappa shape index (κ3) is 1.33. The predicted octanol–water partition coefficient (Wildman–Crippen LogP) is 0.751. The van der Waals surface area contributed by atoms with Gasteiger partial charge in [0.1, 0.15) is 6.61 Å². The van der Waals surface area contributed by atoms with Crippen LogP contribution in [0, 0.1) is 0 Å². The number of hydrogen-bond acceptors (Lipinski definition) is 4. The summed E-state index contributed by atoms with van der Waals surface area (Å²) in [6.07, 6.45) is 1.73. The summed E-state index contributed by atoms with van der Waals surface area (Å²) in [5.41, 5.74) is 6.68. The molecule has 74 valence electrons. The van der Waals surface area contributed by atoms with Crippen LogP contribution in [0.4, 0.5) is 5.82 Å². The molecule has 0 radical (unpaired) electrons. The first-order chi connectivity index (χ1) is 6.70. The van der Waals surface area contributed by atoms with Crippen molar-refractivity contribution in [2.24, 2.45) is 5.73 Å². The van der Waals surface area contributed by atoms with Gasteiger partial charge in [-0.15, -0.1) is 0 Å². The molecule has 0 aromatic carbocycles. The number of aromatic nitrogens is 1. The second-order valence-corrected chi connectivity index (χ2v) is 3.29. The van der Waals surface area contributed by atoms with Crippen molar-refractivity contribution in [3.63, 3.8) is 0 Å². The molecule has 0 saturated carbocycles. The van der Waals surface area contributed by atoms with Gasteiger partial charge in [0.2, 0.25) is 0 Å². The summed E-state index contributed by atoms with van der Waals surface area (Å²) in [6, 6.07) is 3.55. The first kappa shape index (κ1) is 9.02. The number of pyridine rings is 1. The zero-order chi connectivity index (χ0) is 10.1. The van der Waals surface area contributed by atoms with Crippen molar-refractivity contribution < 1.29 is 4.74 Å². The highest BCUT2D eigenvalue weighted by Crippen LogP contribution is 2.29. The van der Waals surface area contributed by atoms with Crippen molar-refractivity contribution >= 4 is 5.82 Å². The van der Waals surface area contributed by atoms with Crippen molar-refractivity contribution in [1.29, 1.82) is 0 Å². The average Bonchev–Trinajstić information content (AvgIpc) is 2.32. The fourth-order valence-corrected chi connectivity index (χ4v) is 1.41. The Morgan fingerprint density at radius 3 is 3.29 bits per heavy atom. The van der Waals surface area contributed by atoms with Crippen LogP contribution in [0.1, 0.15) is 0 Å². The molecule has 0 saturated heterocycles. The minimum Gasteiger partial charge on any atom is -0.488 e. The van der Waals surface area contributed by atoms with Gasteiger partial charge >= 0.3 is 0 Å². The maximum atomic E-state index is 5.85. The fraction of sp³-hybridized carbons (Fsp3) is 0.300. The molecule has 0 bridgehead atoms. The molecule has 14 heavy (non-hydrogen) atoms. The van der Waals surface area contributed by atoms with Gasteiger partial charge in [-0.25, -0.2) is 4.98 Å². The summed E-state index contributed by atoms with van der Waals surface area (Å²) in [6.45, 7) is 4.36. The quantitative estimate of drug-likeness (QED) is 0.657. The van der Waals surface area contributed by atoms with Crippen LogP contribution in [0.5, 0.6) is 5.75 Å². The predicted molar refractivity (Wildman–Crippen MR) is 55.3 cm³/mol. The van der Waals surface area contributed by atoms with Crippen LogP contribution >= 0.6 is 0 Å².